The maximum absolute atomic E-state index is 12.9. The van der Waals surface area contributed by atoms with Gasteiger partial charge < -0.3 is 10.5 Å². The van der Waals surface area contributed by atoms with E-state index in [0.29, 0.717) is 23.9 Å². The van der Waals surface area contributed by atoms with Crippen LogP contribution in [0, 0.1) is 11.3 Å². The summed E-state index contributed by atoms with van der Waals surface area (Å²) in [5.74, 6) is 0.738. The first-order chi connectivity index (χ1) is 15.3. The van der Waals surface area contributed by atoms with Gasteiger partial charge in [-0.1, -0.05) is 87.8 Å². The number of benzene rings is 2. The zero-order valence-electron chi connectivity index (χ0n) is 19.8. The number of nitrogens with one attached hydrogen (secondary N) is 1. The standard InChI is InChI=1S/C28H36N2O2/c1-19(2)21-11-13-23-22(17-21)12-14-24-27(3,15-8-16-28(23,24)4)18-29-26(31)25(30-32)20-9-6-5-7-10-20/h5-7,9-11,13,17,19,24,32H,8,12,14-16,18H2,1-4H3,(H,29,31)/t24-,27-,28+/m0/s1. The first-order valence-corrected chi connectivity index (χ1v) is 12.0. The fraction of sp³-hybridized carbons (Fsp3) is 0.500. The molecule has 0 spiro atoms. The summed E-state index contributed by atoms with van der Waals surface area (Å²) in [4.78, 5) is 12.9. The van der Waals surface area contributed by atoms with E-state index in [0.717, 1.165) is 25.7 Å². The lowest BCUT2D eigenvalue weighted by atomic mass is 9.49. The minimum atomic E-state index is -0.315. The highest BCUT2D eigenvalue weighted by molar-refractivity contribution is 6.45. The summed E-state index contributed by atoms with van der Waals surface area (Å²) in [5, 5.41) is 15.9. The fourth-order valence-corrected chi connectivity index (χ4v) is 6.41. The lowest BCUT2D eigenvalue weighted by Crippen LogP contribution is -2.53. The van der Waals surface area contributed by atoms with Crippen molar-refractivity contribution in [2.75, 3.05) is 6.54 Å². The van der Waals surface area contributed by atoms with E-state index < -0.39 is 0 Å². The van der Waals surface area contributed by atoms with Crippen LogP contribution in [0.1, 0.15) is 81.5 Å². The molecule has 2 aromatic rings. The van der Waals surface area contributed by atoms with E-state index in [1.165, 1.54) is 23.1 Å². The number of hydrogen-bond acceptors (Lipinski definition) is 3. The molecule has 3 atom stereocenters. The average Bonchev–Trinajstić information content (AvgIpc) is 2.78. The van der Waals surface area contributed by atoms with Crippen molar-refractivity contribution in [2.24, 2.45) is 16.5 Å². The third-order valence-corrected chi connectivity index (χ3v) is 8.18. The van der Waals surface area contributed by atoms with Crippen LogP contribution in [0.5, 0.6) is 0 Å². The van der Waals surface area contributed by atoms with Crippen LogP contribution in [0.2, 0.25) is 0 Å². The largest absolute Gasteiger partial charge is 0.410 e. The molecular weight excluding hydrogens is 396 g/mol. The number of oxime groups is 1. The highest BCUT2D eigenvalue weighted by Crippen LogP contribution is 2.57. The van der Waals surface area contributed by atoms with Gasteiger partial charge in [-0.3, -0.25) is 4.79 Å². The Kier molecular flexibility index (Phi) is 6.15. The van der Waals surface area contributed by atoms with Crippen molar-refractivity contribution in [1.29, 1.82) is 0 Å². The number of hydrogen-bond donors (Lipinski definition) is 2. The molecule has 32 heavy (non-hydrogen) atoms. The molecule has 1 amide bonds. The molecule has 0 aliphatic heterocycles. The molecule has 2 aromatic carbocycles. The van der Waals surface area contributed by atoms with Crippen molar-refractivity contribution in [2.45, 2.75) is 71.1 Å². The summed E-state index contributed by atoms with van der Waals surface area (Å²) in [6.07, 6.45) is 5.71. The highest BCUT2D eigenvalue weighted by atomic mass is 16.4. The molecule has 0 unspecified atom stereocenters. The van der Waals surface area contributed by atoms with Gasteiger partial charge in [0.1, 0.15) is 0 Å². The number of fused-ring (bicyclic) bond motifs is 3. The van der Waals surface area contributed by atoms with Gasteiger partial charge in [-0.15, -0.1) is 0 Å². The second-order valence-electron chi connectivity index (χ2n) is 10.6. The Hall–Kier alpha value is -2.62. The van der Waals surface area contributed by atoms with Crippen molar-refractivity contribution >= 4 is 11.6 Å². The molecule has 2 aliphatic rings. The zero-order valence-corrected chi connectivity index (χ0v) is 19.8. The second kappa shape index (κ2) is 8.73. The number of nitrogens with zero attached hydrogens (tertiary/aromatic N) is 1. The molecule has 0 bridgehead atoms. The van der Waals surface area contributed by atoms with Crippen LogP contribution < -0.4 is 5.32 Å². The SMILES string of the molecule is CC(C)c1ccc2c(c1)CC[C@H]1[C@](C)(CNC(=O)C(=NO)c3ccccc3)CCC[C@]21C. The summed E-state index contributed by atoms with van der Waals surface area (Å²) in [6, 6.07) is 16.3. The number of carbonyl (C=O) groups is 1. The topological polar surface area (TPSA) is 61.7 Å². The van der Waals surface area contributed by atoms with Gasteiger partial charge in [0, 0.05) is 12.1 Å². The van der Waals surface area contributed by atoms with E-state index in [4.69, 9.17) is 0 Å². The summed E-state index contributed by atoms with van der Waals surface area (Å²) < 4.78 is 0. The van der Waals surface area contributed by atoms with E-state index in [2.05, 4.69) is 56.4 Å². The predicted molar refractivity (Wildman–Crippen MR) is 129 cm³/mol. The van der Waals surface area contributed by atoms with Crippen molar-refractivity contribution < 1.29 is 10.0 Å². The van der Waals surface area contributed by atoms with E-state index >= 15 is 0 Å². The first kappa shape index (κ1) is 22.6. The number of rotatable bonds is 5. The second-order valence-corrected chi connectivity index (χ2v) is 10.6. The third kappa shape index (κ3) is 3.96. The summed E-state index contributed by atoms with van der Waals surface area (Å²) in [6.45, 7) is 9.89. The third-order valence-electron chi connectivity index (χ3n) is 8.18. The Bertz CT molecular complexity index is 1010. The van der Waals surface area contributed by atoms with E-state index in [1.54, 1.807) is 12.1 Å². The molecule has 4 rings (SSSR count). The van der Waals surface area contributed by atoms with Gasteiger partial charge in [-0.05, 0) is 65.0 Å². The van der Waals surface area contributed by atoms with Crippen molar-refractivity contribution in [3.63, 3.8) is 0 Å². The van der Waals surface area contributed by atoms with E-state index in [-0.39, 0.29) is 22.4 Å². The van der Waals surface area contributed by atoms with Gasteiger partial charge in [-0.2, -0.15) is 0 Å². The Labute approximate surface area is 192 Å². The van der Waals surface area contributed by atoms with Gasteiger partial charge >= 0.3 is 0 Å². The van der Waals surface area contributed by atoms with Gasteiger partial charge in [0.15, 0.2) is 5.71 Å². The van der Waals surface area contributed by atoms with Crippen LogP contribution in [-0.4, -0.2) is 23.4 Å². The molecule has 0 aromatic heterocycles. The first-order valence-electron chi connectivity index (χ1n) is 12.0. The van der Waals surface area contributed by atoms with Crippen LogP contribution >= 0.6 is 0 Å². The lowest BCUT2D eigenvalue weighted by molar-refractivity contribution is -0.116. The number of amides is 1. The maximum atomic E-state index is 12.9. The molecule has 170 valence electrons. The van der Waals surface area contributed by atoms with Crippen molar-refractivity contribution in [3.8, 4) is 0 Å². The molecule has 2 N–H and O–H groups in total. The van der Waals surface area contributed by atoms with Crippen LogP contribution in [0.15, 0.2) is 53.7 Å². The minimum Gasteiger partial charge on any atom is -0.410 e. The smallest absolute Gasteiger partial charge is 0.273 e. The molecule has 1 fully saturated rings. The summed E-state index contributed by atoms with van der Waals surface area (Å²) in [5.41, 5.74) is 5.29. The van der Waals surface area contributed by atoms with Gasteiger partial charge in [0.05, 0.1) is 0 Å². The molecular formula is C28H36N2O2. The van der Waals surface area contributed by atoms with Gasteiger partial charge in [0.25, 0.3) is 5.91 Å². The number of carbonyl (C=O) groups excluding carboxylic acids is 1. The highest BCUT2D eigenvalue weighted by Gasteiger charge is 2.51. The Balaban J connectivity index is 1.55. The van der Waals surface area contributed by atoms with Crippen LogP contribution in [-0.2, 0) is 16.6 Å². The monoisotopic (exact) mass is 432 g/mol. The van der Waals surface area contributed by atoms with Gasteiger partial charge in [-0.25, -0.2) is 0 Å². The quantitative estimate of drug-likeness (QED) is 0.355. The van der Waals surface area contributed by atoms with Gasteiger partial charge in [0.2, 0.25) is 0 Å². The molecule has 0 saturated heterocycles. The predicted octanol–water partition coefficient (Wildman–Crippen LogP) is 5.82. The lowest BCUT2D eigenvalue weighted by Gasteiger charge is -2.55. The van der Waals surface area contributed by atoms with Crippen LogP contribution in [0.25, 0.3) is 0 Å². The molecule has 2 aliphatic carbocycles. The molecule has 0 radical (unpaired) electrons. The van der Waals surface area contributed by atoms with Crippen LogP contribution in [0.3, 0.4) is 0 Å². The number of aryl methyl sites for hydroxylation is 1. The molecule has 4 nitrogen and oxygen atoms in total. The molecule has 4 heteroatoms. The Morgan fingerprint density at radius 1 is 1.16 bits per heavy atom. The molecule has 0 heterocycles. The maximum Gasteiger partial charge on any atom is 0.273 e. The van der Waals surface area contributed by atoms with Crippen molar-refractivity contribution in [3.05, 3.63) is 70.8 Å². The average molecular weight is 433 g/mol. The zero-order chi connectivity index (χ0) is 22.9. The Morgan fingerprint density at radius 2 is 1.91 bits per heavy atom. The normalized spacial score (nSPS) is 27.5. The summed E-state index contributed by atoms with van der Waals surface area (Å²) in [7, 11) is 0. The van der Waals surface area contributed by atoms with Crippen LogP contribution in [0.4, 0.5) is 0 Å². The van der Waals surface area contributed by atoms with E-state index in [1.807, 2.05) is 18.2 Å². The van der Waals surface area contributed by atoms with E-state index in [9.17, 15) is 10.0 Å². The minimum absolute atomic E-state index is 0.00826. The Morgan fingerprint density at radius 3 is 2.59 bits per heavy atom. The molecule has 1 saturated carbocycles. The summed E-state index contributed by atoms with van der Waals surface area (Å²) >= 11 is 0. The van der Waals surface area contributed by atoms with Crippen molar-refractivity contribution in [1.82, 2.24) is 5.32 Å². The fourth-order valence-electron chi connectivity index (χ4n) is 6.41.